The van der Waals surface area contributed by atoms with Gasteiger partial charge in [0.2, 0.25) is 5.95 Å². The van der Waals surface area contributed by atoms with E-state index in [1.807, 2.05) is 36.8 Å². The van der Waals surface area contributed by atoms with Crippen molar-refractivity contribution in [1.29, 1.82) is 0 Å². The highest BCUT2D eigenvalue weighted by Crippen LogP contribution is 2.28. The second kappa shape index (κ2) is 6.36. The van der Waals surface area contributed by atoms with Crippen molar-refractivity contribution in [3.63, 3.8) is 0 Å². The van der Waals surface area contributed by atoms with Crippen LogP contribution >= 0.6 is 27.3 Å². The Hall–Kier alpha value is -1.73. The van der Waals surface area contributed by atoms with Crippen molar-refractivity contribution in [2.75, 3.05) is 30.4 Å². The molecule has 0 saturated heterocycles. The zero-order chi connectivity index (χ0) is 14.7. The monoisotopic (exact) mass is 363 g/mol. The molecule has 7 heteroatoms. The van der Waals surface area contributed by atoms with Gasteiger partial charge in [0, 0.05) is 31.7 Å². The van der Waals surface area contributed by atoms with Gasteiger partial charge in [-0.15, -0.1) is 11.3 Å². The smallest absolute Gasteiger partial charge is 0.223 e. The molecule has 0 fully saturated rings. The molecule has 0 unspecified atom stereocenters. The molecule has 3 rings (SSSR count). The summed E-state index contributed by atoms with van der Waals surface area (Å²) in [6.07, 6.45) is 3.65. The fourth-order valence-electron chi connectivity index (χ4n) is 1.91. The van der Waals surface area contributed by atoms with Gasteiger partial charge in [-0.3, -0.25) is 0 Å². The van der Waals surface area contributed by atoms with Crippen LogP contribution in [0.2, 0.25) is 0 Å². The number of thiophene rings is 1. The largest absolute Gasteiger partial charge is 0.358 e. The van der Waals surface area contributed by atoms with Crippen molar-refractivity contribution in [2.45, 2.75) is 0 Å². The van der Waals surface area contributed by atoms with Crippen molar-refractivity contribution >= 4 is 49.2 Å². The highest BCUT2D eigenvalue weighted by Gasteiger charge is 2.06. The maximum absolute atomic E-state index is 4.51. The second-order valence-corrected chi connectivity index (χ2v) is 6.29. The molecule has 0 atom stereocenters. The molecule has 0 amide bonds. The second-order valence-electron chi connectivity index (χ2n) is 4.53. The average Bonchev–Trinajstić information content (AvgIpc) is 2.89. The van der Waals surface area contributed by atoms with Crippen LogP contribution in [0.1, 0.15) is 0 Å². The van der Waals surface area contributed by atoms with Crippen LogP contribution in [0.5, 0.6) is 0 Å². The summed E-state index contributed by atoms with van der Waals surface area (Å²) in [4.78, 5) is 15.2. The Morgan fingerprint density at radius 2 is 2.24 bits per heavy atom. The predicted octanol–water partition coefficient (Wildman–Crippen LogP) is 3.40. The molecule has 0 aliphatic carbocycles. The van der Waals surface area contributed by atoms with Crippen LogP contribution in [0, 0.1) is 0 Å². The van der Waals surface area contributed by atoms with Gasteiger partial charge in [0.05, 0.1) is 15.4 Å². The van der Waals surface area contributed by atoms with E-state index < -0.39 is 0 Å². The standard InChI is InChI=1S/C14H14BrN5S/c1-20(12-4-2-3-5-16-12)7-6-17-14-18-8-11-13(19-14)10(15)9-21-11/h2-5,8-9H,6-7H2,1H3,(H,17,18,19). The topological polar surface area (TPSA) is 53.9 Å². The number of anilines is 2. The van der Waals surface area contributed by atoms with Gasteiger partial charge in [-0.25, -0.2) is 15.0 Å². The lowest BCUT2D eigenvalue weighted by atomic mass is 10.4. The van der Waals surface area contributed by atoms with Crippen LogP contribution in [0.3, 0.4) is 0 Å². The normalized spacial score (nSPS) is 10.8. The van der Waals surface area contributed by atoms with Gasteiger partial charge in [-0.1, -0.05) is 6.07 Å². The Morgan fingerprint density at radius 1 is 1.33 bits per heavy atom. The van der Waals surface area contributed by atoms with E-state index in [1.165, 1.54) is 0 Å². The molecule has 0 bridgehead atoms. The van der Waals surface area contributed by atoms with Crippen molar-refractivity contribution in [1.82, 2.24) is 15.0 Å². The highest BCUT2D eigenvalue weighted by molar-refractivity contribution is 9.10. The van der Waals surface area contributed by atoms with E-state index >= 15 is 0 Å². The minimum Gasteiger partial charge on any atom is -0.358 e. The van der Waals surface area contributed by atoms with Gasteiger partial charge in [-0.05, 0) is 28.1 Å². The Bertz CT molecular complexity index is 731. The summed E-state index contributed by atoms with van der Waals surface area (Å²) in [6.45, 7) is 1.57. The molecular formula is C14H14BrN5S. The minimum atomic E-state index is 0.649. The van der Waals surface area contributed by atoms with E-state index in [-0.39, 0.29) is 0 Å². The van der Waals surface area contributed by atoms with Gasteiger partial charge in [0.15, 0.2) is 0 Å². The van der Waals surface area contributed by atoms with Crippen molar-refractivity contribution in [3.05, 3.63) is 40.4 Å². The number of pyridine rings is 1. The third-order valence-corrected chi connectivity index (χ3v) is 4.86. The molecule has 1 N–H and O–H groups in total. The summed E-state index contributed by atoms with van der Waals surface area (Å²) in [7, 11) is 2.02. The van der Waals surface area contributed by atoms with E-state index in [0.29, 0.717) is 5.95 Å². The number of aromatic nitrogens is 3. The molecule has 0 aliphatic heterocycles. The quantitative estimate of drug-likeness (QED) is 0.752. The van der Waals surface area contributed by atoms with Gasteiger partial charge in [0.25, 0.3) is 0 Å². The summed E-state index contributed by atoms with van der Waals surface area (Å²) < 4.78 is 2.09. The first-order chi connectivity index (χ1) is 10.2. The zero-order valence-corrected chi connectivity index (χ0v) is 13.9. The first-order valence-electron chi connectivity index (χ1n) is 6.50. The van der Waals surface area contributed by atoms with Gasteiger partial charge in [0.1, 0.15) is 11.3 Å². The van der Waals surface area contributed by atoms with Crippen LogP contribution in [-0.2, 0) is 0 Å². The number of hydrogen-bond acceptors (Lipinski definition) is 6. The summed E-state index contributed by atoms with van der Waals surface area (Å²) >= 11 is 5.13. The lowest BCUT2D eigenvalue weighted by Crippen LogP contribution is -2.25. The van der Waals surface area contributed by atoms with E-state index in [4.69, 9.17) is 0 Å². The Morgan fingerprint density at radius 3 is 3.05 bits per heavy atom. The summed E-state index contributed by atoms with van der Waals surface area (Å²) in [5, 5.41) is 5.27. The maximum Gasteiger partial charge on any atom is 0.223 e. The first-order valence-corrected chi connectivity index (χ1v) is 8.17. The van der Waals surface area contributed by atoms with Crippen LogP contribution < -0.4 is 10.2 Å². The van der Waals surface area contributed by atoms with E-state index in [2.05, 4.69) is 41.1 Å². The van der Waals surface area contributed by atoms with Gasteiger partial charge >= 0.3 is 0 Å². The van der Waals surface area contributed by atoms with Crippen molar-refractivity contribution in [2.24, 2.45) is 0 Å². The van der Waals surface area contributed by atoms with Crippen LogP contribution in [0.15, 0.2) is 40.4 Å². The lowest BCUT2D eigenvalue weighted by molar-refractivity contribution is 0.886. The van der Waals surface area contributed by atoms with Gasteiger partial charge < -0.3 is 10.2 Å². The molecule has 108 valence electrons. The number of fused-ring (bicyclic) bond motifs is 1. The first kappa shape index (κ1) is 14.2. The van der Waals surface area contributed by atoms with Crippen molar-refractivity contribution in [3.8, 4) is 0 Å². The number of hydrogen-bond donors (Lipinski definition) is 1. The van der Waals surface area contributed by atoms with E-state index in [1.54, 1.807) is 17.5 Å². The molecule has 21 heavy (non-hydrogen) atoms. The van der Waals surface area contributed by atoms with Crippen LogP contribution in [-0.4, -0.2) is 35.1 Å². The summed E-state index contributed by atoms with van der Waals surface area (Å²) in [6, 6.07) is 5.89. The molecule has 0 saturated carbocycles. The Labute approximate surface area is 135 Å². The number of halogens is 1. The molecule has 0 aliphatic rings. The number of rotatable bonds is 5. The average molecular weight is 364 g/mol. The van der Waals surface area contributed by atoms with Crippen LogP contribution in [0.4, 0.5) is 11.8 Å². The molecular weight excluding hydrogens is 350 g/mol. The summed E-state index contributed by atoms with van der Waals surface area (Å²) in [5.41, 5.74) is 0.954. The predicted molar refractivity (Wildman–Crippen MR) is 91.1 cm³/mol. The minimum absolute atomic E-state index is 0.649. The Kier molecular flexibility index (Phi) is 4.31. The number of nitrogens with one attached hydrogen (secondary N) is 1. The third-order valence-electron chi connectivity index (χ3n) is 3.04. The molecule has 3 heterocycles. The maximum atomic E-state index is 4.51. The summed E-state index contributed by atoms with van der Waals surface area (Å²) in [5.74, 6) is 1.60. The molecule has 0 aromatic carbocycles. The molecule has 5 nitrogen and oxygen atoms in total. The zero-order valence-electron chi connectivity index (χ0n) is 11.5. The fourth-order valence-corrected chi connectivity index (χ4v) is 3.35. The Balaban J connectivity index is 1.60. The van der Waals surface area contributed by atoms with Crippen molar-refractivity contribution < 1.29 is 0 Å². The van der Waals surface area contributed by atoms with E-state index in [9.17, 15) is 0 Å². The fraction of sp³-hybridized carbons (Fsp3) is 0.214. The molecule has 0 spiro atoms. The lowest BCUT2D eigenvalue weighted by Gasteiger charge is -2.17. The molecule has 0 radical (unpaired) electrons. The SMILES string of the molecule is CN(CCNc1ncc2scc(Br)c2n1)c1ccccn1. The third kappa shape index (κ3) is 3.30. The number of likely N-dealkylation sites (N-methyl/N-ethyl adjacent to an activating group) is 1. The highest BCUT2D eigenvalue weighted by atomic mass is 79.9. The molecule has 3 aromatic heterocycles. The van der Waals surface area contributed by atoms with Gasteiger partial charge in [-0.2, -0.15) is 0 Å². The molecule has 3 aromatic rings. The number of nitrogens with zero attached hydrogens (tertiary/aromatic N) is 4. The van der Waals surface area contributed by atoms with Crippen LogP contribution in [0.25, 0.3) is 10.2 Å². The van der Waals surface area contributed by atoms with E-state index in [0.717, 1.165) is 33.6 Å².